The zero-order chi connectivity index (χ0) is 15.7. The van der Waals surface area contributed by atoms with Crippen molar-refractivity contribution in [2.45, 2.75) is 19.3 Å². The van der Waals surface area contributed by atoms with Gasteiger partial charge in [0.1, 0.15) is 5.69 Å². The second-order valence-corrected chi connectivity index (χ2v) is 4.84. The fourth-order valence-electron chi connectivity index (χ4n) is 1.92. The lowest BCUT2D eigenvalue weighted by molar-refractivity contribution is -0.383. The molecule has 2 N–H and O–H groups in total. The summed E-state index contributed by atoms with van der Waals surface area (Å²) in [6.07, 6.45) is 2.57. The number of anilines is 1. The Balaban J connectivity index is 2.45. The van der Waals surface area contributed by atoms with Crippen LogP contribution >= 0.6 is 0 Å². The molecule has 7 heteroatoms. The zero-order valence-corrected chi connectivity index (χ0v) is 12.1. The van der Waals surface area contributed by atoms with Crippen molar-refractivity contribution in [1.82, 2.24) is 4.90 Å². The second-order valence-electron chi connectivity index (χ2n) is 4.84. The molecule has 7 nitrogen and oxygen atoms in total. The fourth-order valence-corrected chi connectivity index (χ4v) is 1.92. The molecular formula is C14H21N3O4. The van der Waals surface area contributed by atoms with Crippen molar-refractivity contribution in [3.05, 3.63) is 34.4 Å². The Kier molecular flexibility index (Phi) is 7.34. The first-order valence-corrected chi connectivity index (χ1v) is 6.87. The number of aliphatic hydroxyl groups excluding tert-OH is 1. The number of nitro groups is 1. The summed E-state index contributed by atoms with van der Waals surface area (Å²) in [7, 11) is 1.82. The van der Waals surface area contributed by atoms with Crippen LogP contribution in [0.2, 0.25) is 0 Å². The number of aliphatic hydroxyl groups is 1. The maximum atomic E-state index is 11.9. The van der Waals surface area contributed by atoms with Crippen LogP contribution < -0.4 is 5.32 Å². The molecule has 0 atom stereocenters. The smallest absolute Gasteiger partial charge is 0.292 e. The number of para-hydroxylation sites is 2. The SMILES string of the molecule is CN(CCCCCO)CC(=O)Nc1ccccc1[N+](=O)[O-]. The van der Waals surface area contributed by atoms with Crippen LogP contribution in [0.1, 0.15) is 19.3 Å². The van der Waals surface area contributed by atoms with E-state index in [9.17, 15) is 14.9 Å². The normalized spacial score (nSPS) is 10.6. The van der Waals surface area contributed by atoms with Crippen molar-refractivity contribution in [2.24, 2.45) is 0 Å². The number of amides is 1. The average Bonchev–Trinajstić information content (AvgIpc) is 2.43. The predicted molar refractivity (Wildman–Crippen MR) is 80.2 cm³/mol. The van der Waals surface area contributed by atoms with E-state index in [4.69, 9.17) is 5.11 Å². The topological polar surface area (TPSA) is 95.7 Å². The van der Waals surface area contributed by atoms with Gasteiger partial charge >= 0.3 is 0 Å². The third-order valence-electron chi connectivity index (χ3n) is 2.99. The van der Waals surface area contributed by atoms with Gasteiger partial charge in [0.15, 0.2) is 0 Å². The minimum Gasteiger partial charge on any atom is -0.396 e. The summed E-state index contributed by atoms with van der Waals surface area (Å²) in [4.78, 5) is 24.1. The number of unbranched alkanes of at least 4 members (excludes halogenated alkanes) is 2. The summed E-state index contributed by atoms with van der Waals surface area (Å²) < 4.78 is 0. The highest BCUT2D eigenvalue weighted by atomic mass is 16.6. The number of nitrogens with zero attached hydrogens (tertiary/aromatic N) is 2. The molecule has 0 radical (unpaired) electrons. The molecule has 1 aromatic rings. The van der Waals surface area contributed by atoms with Crippen molar-refractivity contribution in [3.8, 4) is 0 Å². The number of carbonyl (C=O) groups excluding carboxylic acids is 1. The van der Waals surface area contributed by atoms with Gasteiger partial charge in [0.25, 0.3) is 5.69 Å². The van der Waals surface area contributed by atoms with Crippen LogP contribution in [-0.4, -0.2) is 47.6 Å². The highest BCUT2D eigenvalue weighted by Gasteiger charge is 2.15. The van der Waals surface area contributed by atoms with Gasteiger partial charge in [0.05, 0.1) is 11.5 Å². The van der Waals surface area contributed by atoms with Crippen molar-refractivity contribution < 1.29 is 14.8 Å². The number of carbonyl (C=O) groups is 1. The first-order chi connectivity index (χ1) is 10.0. The summed E-state index contributed by atoms with van der Waals surface area (Å²) >= 11 is 0. The van der Waals surface area contributed by atoms with Crippen molar-refractivity contribution in [3.63, 3.8) is 0 Å². The summed E-state index contributed by atoms with van der Waals surface area (Å²) in [5, 5.41) is 22.1. The third kappa shape index (κ3) is 6.33. The van der Waals surface area contributed by atoms with Crippen molar-refractivity contribution in [2.75, 3.05) is 32.1 Å². The van der Waals surface area contributed by atoms with Crippen LogP contribution in [0.25, 0.3) is 0 Å². The molecule has 21 heavy (non-hydrogen) atoms. The molecule has 0 bridgehead atoms. The summed E-state index contributed by atoms with van der Waals surface area (Å²) in [6, 6.07) is 6.06. The van der Waals surface area contributed by atoms with Gasteiger partial charge < -0.3 is 10.4 Å². The van der Waals surface area contributed by atoms with Gasteiger partial charge in [-0.05, 0) is 38.9 Å². The van der Waals surface area contributed by atoms with Gasteiger partial charge in [-0.25, -0.2) is 0 Å². The average molecular weight is 295 g/mol. The Morgan fingerprint density at radius 3 is 2.71 bits per heavy atom. The van der Waals surface area contributed by atoms with Gasteiger partial charge in [-0.3, -0.25) is 19.8 Å². The highest BCUT2D eigenvalue weighted by molar-refractivity contribution is 5.94. The summed E-state index contributed by atoms with van der Waals surface area (Å²) in [5.74, 6) is -0.283. The molecule has 0 unspecified atom stereocenters. The van der Waals surface area contributed by atoms with E-state index in [1.807, 2.05) is 11.9 Å². The lowest BCUT2D eigenvalue weighted by Gasteiger charge is -2.16. The molecule has 0 saturated carbocycles. The number of rotatable bonds is 9. The van der Waals surface area contributed by atoms with E-state index in [-0.39, 0.29) is 30.4 Å². The quantitative estimate of drug-likeness (QED) is 0.410. The van der Waals surface area contributed by atoms with Gasteiger partial charge in [-0.1, -0.05) is 12.1 Å². The summed E-state index contributed by atoms with van der Waals surface area (Å²) in [5.41, 5.74) is 0.0950. The van der Waals surface area contributed by atoms with Crippen LogP contribution in [-0.2, 0) is 4.79 Å². The van der Waals surface area contributed by atoms with E-state index in [1.54, 1.807) is 12.1 Å². The molecule has 0 spiro atoms. The van der Waals surface area contributed by atoms with Gasteiger partial charge in [0, 0.05) is 12.7 Å². The lowest BCUT2D eigenvalue weighted by Crippen LogP contribution is -2.31. The number of hydrogen-bond donors (Lipinski definition) is 2. The third-order valence-corrected chi connectivity index (χ3v) is 2.99. The Hall–Kier alpha value is -1.99. The molecule has 0 saturated heterocycles. The zero-order valence-electron chi connectivity index (χ0n) is 12.1. The van der Waals surface area contributed by atoms with Crippen LogP contribution in [0.15, 0.2) is 24.3 Å². The number of benzene rings is 1. The first-order valence-electron chi connectivity index (χ1n) is 6.87. The monoisotopic (exact) mass is 295 g/mol. The fraction of sp³-hybridized carbons (Fsp3) is 0.500. The van der Waals surface area contributed by atoms with Gasteiger partial charge in [-0.15, -0.1) is 0 Å². The molecule has 0 aliphatic rings. The minimum atomic E-state index is -0.520. The highest BCUT2D eigenvalue weighted by Crippen LogP contribution is 2.22. The van der Waals surface area contributed by atoms with Crippen LogP contribution in [0.5, 0.6) is 0 Å². The number of nitro benzene ring substituents is 1. The first kappa shape index (κ1) is 17.1. The molecular weight excluding hydrogens is 274 g/mol. The standard InChI is InChI=1S/C14H21N3O4/c1-16(9-5-2-6-10-18)11-14(19)15-12-7-3-4-8-13(12)17(20)21/h3-4,7-8,18H,2,5-6,9-11H2,1H3,(H,15,19). The molecule has 0 heterocycles. The molecule has 0 aliphatic heterocycles. The number of nitrogens with one attached hydrogen (secondary N) is 1. The van der Waals surface area contributed by atoms with Gasteiger partial charge in [-0.2, -0.15) is 0 Å². The van der Waals surface area contributed by atoms with Crippen LogP contribution in [0, 0.1) is 10.1 Å². The van der Waals surface area contributed by atoms with Crippen molar-refractivity contribution >= 4 is 17.3 Å². The predicted octanol–water partition coefficient (Wildman–Crippen LogP) is 1.63. The molecule has 0 fully saturated rings. The Morgan fingerprint density at radius 1 is 1.33 bits per heavy atom. The maximum Gasteiger partial charge on any atom is 0.292 e. The molecule has 0 aromatic heterocycles. The van der Waals surface area contributed by atoms with E-state index in [1.165, 1.54) is 12.1 Å². The summed E-state index contributed by atoms with van der Waals surface area (Å²) in [6.45, 7) is 1.09. The van der Waals surface area contributed by atoms with E-state index in [0.717, 1.165) is 25.8 Å². The van der Waals surface area contributed by atoms with Gasteiger partial charge in [0.2, 0.25) is 5.91 Å². The molecule has 116 valence electrons. The maximum absolute atomic E-state index is 11.9. The lowest BCUT2D eigenvalue weighted by atomic mass is 10.2. The number of likely N-dealkylation sites (N-methyl/N-ethyl adjacent to an activating group) is 1. The van der Waals surface area contributed by atoms with E-state index >= 15 is 0 Å². The van der Waals surface area contributed by atoms with E-state index < -0.39 is 4.92 Å². The second kappa shape index (κ2) is 9.04. The minimum absolute atomic E-state index is 0.114. The van der Waals surface area contributed by atoms with E-state index in [0.29, 0.717) is 0 Å². The van der Waals surface area contributed by atoms with Crippen LogP contribution in [0.3, 0.4) is 0 Å². The molecule has 1 amide bonds. The van der Waals surface area contributed by atoms with Crippen LogP contribution in [0.4, 0.5) is 11.4 Å². The Labute approximate surface area is 123 Å². The largest absolute Gasteiger partial charge is 0.396 e. The molecule has 0 aliphatic carbocycles. The van der Waals surface area contributed by atoms with E-state index in [2.05, 4.69) is 5.32 Å². The molecule has 1 aromatic carbocycles. The van der Waals surface area contributed by atoms with Crippen molar-refractivity contribution in [1.29, 1.82) is 0 Å². The Morgan fingerprint density at radius 2 is 2.05 bits per heavy atom. The molecule has 1 rings (SSSR count). The number of hydrogen-bond acceptors (Lipinski definition) is 5. The Bertz CT molecular complexity index is 479.